The molecule has 0 bridgehead atoms. The molecular formula is C12H16ClNO2. The monoisotopic (exact) mass is 241 g/mol. The predicted octanol–water partition coefficient (Wildman–Crippen LogP) is 2.86. The fourth-order valence-electron chi connectivity index (χ4n) is 1.46. The summed E-state index contributed by atoms with van der Waals surface area (Å²) in [5.74, 6) is -0.899. The van der Waals surface area contributed by atoms with Gasteiger partial charge in [-0.2, -0.15) is 0 Å². The van der Waals surface area contributed by atoms with Gasteiger partial charge in [-0.1, -0.05) is 43.1 Å². The lowest BCUT2D eigenvalue weighted by Gasteiger charge is -2.15. The summed E-state index contributed by atoms with van der Waals surface area (Å²) in [6.07, 6.45) is 1.98. The molecule has 1 unspecified atom stereocenters. The Hall–Kier alpha value is -1.06. The van der Waals surface area contributed by atoms with E-state index < -0.39 is 12.0 Å². The average Bonchev–Trinajstić information content (AvgIpc) is 2.25. The third-order valence-electron chi connectivity index (χ3n) is 2.34. The Kier molecular flexibility index (Phi) is 5.29. The van der Waals surface area contributed by atoms with Gasteiger partial charge in [-0.15, -0.1) is 0 Å². The Bertz CT molecular complexity index is 355. The molecule has 1 atom stereocenters. The van der Waals surface area contributed by atoms with Crippen LogP contribution < -0.4 is 5.32 Å². The van der Waals surface area contributed by atoms with Crippen LogP contribution in [0.4, 0.5) is 0 Å². The smallest absolute Gasteiger partial charge is 0.325 e. The first-order chi connectivity index (χ1) is 7.66. The molecule has 2 N–H and O–H groups in total. The molecule has 0 saturated carbocycles. The van der Waals surface area contributed by atoms with Gasteiger partial charge in [0.25, 0.3) is 0 Å². The molecule has 88 valence electrons. The summed E-state index contributed by atoms with van der Waals surface area (Å²) in [6, 6.07) is 6.30. The number of rotatable bonds is 6. The minimum atomic E-state index is -0.899. The largest absolute Gasteiger partial charge is 0.480 e. The van der Waals surface area contributed by atoms with Crippen molar-refractivity contribution in [1.82, 2.24) is 5.32 Å². The summed E-state index contributed by atoms with van der Waals surface area (Å²) >= 11 is 5.97. The molecule has 3 nitrogen and oxygen atoms in total. The van der Waals surface area contributed by atoms with E-state index in [1.54, 1.807) is 24.3 Å². The van der Waals surface area contributed by atoms with E-state index in [0.29, 0.717) is 17.1 Å². The van der Waals surface area contributed by atoms with Gasteiger partial charge in [0, 0.05) is 5.02 Å². The standard InChI is InChI=1S/C12H16ClNO2/c1-2-3-8-14-11(12(15)16)9-6-4-5-7-10(9)13/h4-7,11,14H,2-3,8H2,1H3,(H,15,16). The summed E-state index contributed by atoms with van der Waals surface area (Å²) in [5.41, 5.74) is 0.618. The van der Waals surface area contributed by atoms with E-state index in [1.807, 2.05) is 0 Å². The summed E-state index contributed by atoms with van der Waals surface area (Å²) in [4.78, 5) is 11.1. The molecule has 16 heavy (non-hydrogen) atoms. The van der Waals surface area contributed by atoms with Crippen molar-refractivity contribution in [2.24, 2.45) is 0 Å². The van der Waals surface area contributed by atoms with Crippen molar-refractivity contribution >= 4 is 17.6 Å². The zero-order valence-corrected chi connectivity index (χ0v) is 10.00. The first kappa shape index (κ1) is 13.0. The van der Waals surface area contributed by atoms with Crippen LogP contribution in [0.1, 0.15) is 31.4 Å². The molecule has 1 rings (SSSR count). The third-order valence-corrected chi connectivity index (χ3v) is 2.69. The molecule has 1 aromatic carbocycles. The predicted molar refractivity (Wildman–Crippen MR) is 64.7 cm³/mol. The molecule has 0 heterocycles. The van der Waals surface area contributed by atoms with Crippen LogP contribution >= 0.6 is 11.6 Å². The number of hydrogen-bond donors (Lipinski definition) is 2. The Morgan fingerprint density at radius 3 is 2.75 bits per heavy atom. The van der Waals surface area contributed by atoms with Crippen molar-refractivity contribution in [3.63, 3.8) is 0 Å². The Labute approximate surface area is 100 Å². The first-order valence-corrected chi connectivity index (χ1v) is 5.75. The van der Waals surface area contributed by atoms with Crippen LogP contribution in [0.25, 0.3) is 0 Å². The maximum Gasteiger partial charge on any atom is 0.325 e. The maximum absolute atomic E-state index is 11.1. The van der Waals surface area contributed by atoms with Crippen molar-refractivity contribution < 1.29 is 9.90 Å². The number of carboxylic acids is 1. The van der Waals surface area contributed by atoms with Gasteiger partial charge < -0.3 is 10.4 Å². The fourth-order valence-corrected chi connectivity index (χ4v) is 1.71. The highest BCUT2D eigenvalue weighted by Gasteiger charge is 2.20. The minimum Gasteiger partial charge on any atom is -0.480 e. The summed E-state index contributed by atoms with van der Waals surface area (Å²) < 4.78 is 0. The quantitative estimate of drug-likeness (QED) is 0.753. The summed E-state index contributed by atoms with van der Waals surface area (Å²) in [6.45, 7) is 2.74. The van der Waals surface area contributed by atoms with Gasteiger partial charge in [0.05, 0.1) is 0 Å². The second-order valence-corrected chi connectivity index (χ2v) is 4.01. The van der Waals surface area contributed by atoms with Crippen molar-refractivity contribution in [3.05, 3.63) is 34.9 Å². The van der Waals surface area contributed by atoms with E-state index in [-0.39, 0.29) is 0 Å². The number of aliphatic carboxylic acids is 1. The molecule has 4 heteroatoms. The number of nitrogens with one attached hydrogen (secondary N) is 1. The Morgan fingerprint density at radius 1 is 1.50 bits per heavy atom. The molecule has 0 aliphatic rings. The van der Waals surface area contributed by atoms with Gasteiger partial charge in [-0.05, 0) is 24.6 Å². The highest BCUT2D eigenvalue weighted by atomic mass is 35.5. The molecular weight excluding hydrogens is 226 g/mol. The Morgan fingerprint density at radius 2 is 2.19 bits per heavy atom. The van der Waals surface area contributed by atoms with Crippen molar-refractivity contribution in [3.8, 4) is 0 Å². The van der Waals surface area contributed by atoms with E-state index >= 15 is 0 Å². The molecule has 0 radical (unpaired) electrons. The van der Waals surface area contributed by atoms with E-state index in [0.717, 1.165) is 12.8 Å². The average molecular weight is 242 g/mol. The van der Waals surface area contributed by atoms with E-state index in [4.69, 9.17) is 16.7 Å². The highest BCUT2D eigenvalue weighted by Crippen LogP contribution is 2.22. The zero-order chi connectivity index (χ0) is 12.0. The van der Waals surface area contributed by atoms with Gasteiger partial charge in [0.1, 0.15) is 6.04 Å². The fraction of sp³-hybridized carbons (Fsp3) is 0.417. The molecule has 0 aliphatic heterocycles. The van der Waals surface area contributed by atoms with Gasteiger partial charge in [0.15, 0.2) is 0 Å². The number of unbranched alkanes of at least 4 members (excludes halogenated alkanes) is 1. The number of halogens is 1. The maximum atomic E-state index is 11.1. The van der Waals surface area contributed by atoms with Gasteiger partial charge in [0.2, 0.25) is 0 Å². The van der Waals surface area contributed by atoms with E-state index in [9.17, 15) is 4.79 Å². The van der Waals surface area contributed by atoms with Gasteiger partial charge >= 0.3 is 5.97 Å². The lowest BCUT2D eigenvalue weighted by molar-refractivity contribution is -0.139. The van der Waals surface area contributed by atoms with Crippen molar-refractivity contribution in [2.45, 2.75) is 25.8 Å². The topological polar surface area (TPSA) is 49.3 Å². The molecule has 0 spiro atoms. The second kappa shape index (κ2) is 6.51. The zero-order valence-electron chi connectivity index (χ0n) is 9.24. The SMILES string of the molecule is CCCCNC(C(=O)O)c1ccccc1Cl. The second-order valence-electron chi connectivity index (χ2n) is 3.60. The van der Waals surface area contributed by atoms with Crippen molar-refractivity contribution in [1.29, 1.82) is 0 Å². The molecule has 0 amide bonds. The number of carboxylic acid groups (broad SMARTS) is 1. The molecule has 0 saturated heterocycles. The van der Waals surface area contributed by atoms with E-state index in [2.05, 4.69) is 12.2 Å². The van der Waals surface area contributed by atoms with Crippen LogP contribution in [0.2, 0.25) is 5.02 Å². The number of carbonyl (C=O) groups is 1. The lowest BCUT2D eigenvalue weighted by Crippen LogP contribution is -2.29. The van der Waals surface area contributed by atoms with Crippen molar-refractivity contribution in [2.75, 3.05) is 6.54 Å². The Balaban J connectivity index is 2.78. The van der Waals surface area contributed by atoms with Gasteiger partial charge in [-0.25, -0.2) is 0 Å². The van der Waals surface area contributed by atoms with Crippen LogP contribution in [0.5, 0.6) is 0 Å². The van der Waals surface area contributed by atoms with E-state index in [1.165, 1.54) is 0 Å². The summed E-state index contributed by atoms with van der Waals surface area (Å²) in [7, 11) is 0. The normalized spacial score (nSPS) is 12.4. The van der Waals surface area contributed by atoms with Crippen LogP contribution in [0.15, 0.2) is 24.3 Å². The minimum absolute atomic E-state index is 0.485. The summed E-state index contributed by atoms with van der Waals surface area (Å²) in [5, 5.41) is 12.6. The van der Waals surface area contributed by atoms with Crippen LogP contribution in [-0.2, 0) is 4.79 Å². The molecule has 0 aliphatic carbocycles. The van der Waals surface area contributed by atoms with Crippen LogP contribution in [0, 0.1) is 0 Å². The molecule has 0 fully saturated rings. The van der Waals surface area contributed by atoms with Crippen LogP contribution in [0.3, 0.4) is 0 Å². The van der Waals surface area contributed by atoms with Gasteiger partial charge in [-0.3, -0.25) is 4.79 Å². The highest BCUT2D eigenvalue weighted by molar-refractivity contribution is 6.31. The first-order valence-electron chi connectivity index (χ1n) is 5.37. The van der Waals surface area contributed by atoms with Crippen LogP contribution in [-0.4, -0.2) is 17.6 Å². The third kappa shape index (κ3) is 3.51. The molecule has 1 aromatic rings. The number of benzene rings is 1. The lowest BCUT2D eigenvalue weighted by atomic mass is 10.1. The molecule has 0 aromatic heterocycles. The number of hydrogen-bond acceptors (Lipinski definition) is 2.